The molecule has 0 fully saturated rings. The summed E-state index contributed by atoms with van der Waals surface area (Å²) in [4.78, 5) is 13.3. The summed E-state index contributed by atoms with van der Waals surface area (Å²) in [7, 11) is 0.546. The van der Waals surface area contributed by atoms with Crippen LogP contribution in [0.4, 0.5) is 11.4 Å². The average molecular weight is 517 g/mol. The second kappa shape index (κ2) is 9.54. The summed E-state index contributed by atoms with van der Waals surface area (Å²) in [6, 6.07) is 18.3. The number of anilines is 2. The summed E-state index contributed by atoms with van der Waals surface area (Å²) in [5.74, 6) is 0.490. The van der Waals surface area contributed by atoms with E-state index >= 15 is 0 Å². The molecule has 1 heterocycles. The quantitative estimate of drug-likeness (QED) is 0.343. The number of carbonyl (C=O) groups excluding carboxylic acids is 1. The number of thiophene rings is 1. The highest BCUT2D eigenvalue weighted by Gasteiger charge is 2.24. The van der Waals surface area contributed by atoms with Crippen LogP contribution in [0.25, 0.3) is 10.1 Å². The van der Waals surface area contributed by atoms with Crippen LogP contribution in [0, 0.1) is 0 Å². The molecule has 3 aromatic carbocycles. The second-order valence-corrected chi connectivity index (χ2v) is 10.8. The van der Waals surface area contributed by atoms with Gasteiger partial charge in [-0.3, -0.25) is 9.10 Å². The summed E-state index contributed by atoms with van der Waals surface area (Å²) >= 11 is 7.30. The zero-order chi connectivity index (χ0) is 24.5. The molecule has 0 saturated heterocycles. The van der Waals surface area contributed by atoms with Gasteiger partial charge in [-0.05, 0) is 60.0 Å². The van der Waals surface area contributed by atoms with E-state index in [0.29, 0.717) is 32.8 Å². The number of rotatable bonds is 7. The third kappa shape index (κ3) is 4.68. The van der Waals surface area contributed by atoms with E-state index < -0.39 is 10.0 Å². The highest BCUT2D eigenvalue weighted by Crippen LogP contribution is 2.34. The number of nitrogens with one attached hydrogen (secondary N) is 1. The molecular formula is C24H21ClN2O5S2. The van der Waals surface area contributed by atoms with Crippen molar-refractivity contribution in [2.45, 2.75) is 4.90 Å². The molecule has 4 aromatic rings. The Hall–Kier alpha value is -3.27. The van der Waals surface area contributed by atoms with Crippen molar-refractivity contribution in [3.05, 3.63) is 76.6 Å². The molecule has 0 atom stereocenters. The van der Waals surface area contributed by atoms with Crippen molar-refractivity contribution >= 4 is 60.3 Å². The van der Waals surface area contributed by atoms with Crippen LogP contribution in [-0.4, -0.2) is 35.6 Å². The lowest BCUT2D eigenvalue weighted by molar-refractivity contribution is 0.103. The Labute approximate surface area is 206 Å². The fraction of sp³-hybridized carbons (Fsp3) is 0.125. The van der Waals surface area contributed by atoms with Gasteiger partial charge in [0.05, 0.1) is 29.7 Å². The predicted octanol–water partition coefficient (Wildman–Crippen LogP) is 5.65. The third-order valence-electron chi connectivity index (χ3n) is 5.18. The molecule has 0 aliphatic rings. The zero-order valence-electron chi connectivity index (χ0n) is 18.5. The maximum atomic E-state index is 13.2. The number of fused-ring (bicyclic) bond motifs is 1. The van der Waals surface area contributed by atoms with E-state index in [1.54, 1.807) is 54.6 Å². The van der Waals surface area contributed by atoms with E-state index in [0.717, 1.165) is 10.1 Å². The van der Waals surface area contributed by atoms with Crippen LogP contribution >= 0.6 is 22.9 Å². The number of benzene rings is 3. The van der Waals surface area contributed by atoms with Gasteiger partial charge in [0.15, 0.2) is 11.5 Å². The summed E-state index contributed by atoms with van der Waals surface area (Å²) in [6.45, 7) is 0. The van der Waals surface area contributed by atoms with Gasteiger partial charge in [-0.1, -0.05) is 17.7 Å². The molecule has 176 valence electrons. The second-order valence-electron chi connectivity index (χ2n) is 7.29. The number of carbonyl (C=O) groups is 1. The van der Waals surface area contributed by atoms with E-state index in [2.05, 4.69) is 5.32 Å². The first-order valence-corrected chi connectivity index (χ1v) is 12.7. The van der Waals surface area contributed by atoms with Gasteiger partial charge in [-0.15, -0.1) is 11.3 Å². The van der Waals surface area contributed by atoms with Crippen molar-refractivity contribution in [3.8, 4) is 11.5 Å². The monoisotopic (exact) mass is 516 g/mol. The number of amides is 1. The highest BCUT2D eigenvalue weighted by molar-refractivity contribution is 7.92. The molecule has 0 radical (unpaired) electrons. The van der Waals surface area contributed by atoms with Crippen LogP contribution in [0.1, 0.15) is 9.67 Å². The molecule has 0 spiro atoms. The van der Waals surface area contributed by atoms with Crippen LogP contribution in [-0.2, 0) is 10.0 Å². The maximum absolute atomic E-state index is 13.2. The van der Waals surface area contributed by atoms with Crippen molar-refractivity contribution < 1.29 is 22.7 Å². The molecule has 1 amide bonds. The van der Waals surface area contributed by atoms with Gasteiger partial charge in [0.25, 0.3) is 15.9 Å². The van der Waals surface area contributed by atoms with Gasteiger partial charge in [0.2, 0.25) is 0 Å². The smallest absolute Gasteiger partial charge is 0.265 e. The van der Waals surface area contributed by atoms with Crippen LogP contribution in [0.15, 0.2) is 71.6 Å². The van der Waals surface area contributed by atoms with E-state index in [-0.39, 0.29) is 10.8 Å². The maximum Gasteiger partial charge on any atom is 0.265 e. The Morgan fingerprint density at radius 2 is 1.74 bits per heavy atom. The molecule has 4 rings (SSSR count). The van der Waals surface area contributed by atoms with Crippen molar-refractivity contribution in [1.82, 2.24) is 0 Å². The van der Waals surface area contributed by atoms with Crippen LogP contribution < -0.4 is 19.1 Å². The Morgan fingerprint density at radius 1 is 0.971 bits per heavy atom. The number of halogens is 1. The molecule has 1 N–H and O–H groups in total. The zero-order valence-corrected chi connectivity index (χ0v) is 20.9. The summed E-state index contributed by atoms with van der Waals surface area (Å²) in [6.07, 6.45) is 0. The molecule has 0 saturated carbocycles. The average Bonchev–Trinajstić information content (AvgIpc) is 3.26. The SMILES string of the molecule is COc1ccc(S(=O)(=O)N(C)c2ccc3sc(C(=O)Nc4cccc(Cl)c4)cc3c2)cc1OC. The fourth-order valence-electron chi connectivity index (χ4n) is 3.37. The van der Waals surface area contributed by atoms with Crippen molar-refractivity contribution in [1.29, 1.82) is 0 Å². The first-order chi connectivity index (χ1) is 16.2. The summed E-state index contributed by atoms with van der Waals surface area (Å²) < 4.78 is 39.0. The molecule has 0 unspecified atom stereocenters. The number of sulfonamides is 1. The summed E-state index contributed by atoms with van der Waals surface area (Å²) in [5, 5.41) is 4.10. The van der Waals surface area contributed by atoms with Crippen molar-refractivity contribution in [2.75, 3.05) is 30.9 Å². The van der Waals surface area contributed by atoms with Gasteiger partial charge in [0, 0.05) is 28.5 Å². The van der Waals surface area contributed by atoms with Crippen LogP contribution in [0.3, 0.4) is 0 Å². The minimum atomic E-state index is -3.86. The Morgan fingerprint density at radius 3 is 2.44 bits per heavy atom. The van der Waals surface area contributed by atoms with Gasteiger partial charge >= 0.3 is 0 Å². The minimum Gasteiger partial charge on any atom is -0.493 e. The molecule has 0 aliphatic heterocycles. The normalized spacial score (nSPS) is 11.3. The number of ether oxygens (including phenoxy) is 2. The predicted molar refractivity (Wildman–Crippen MR) is 136 cm³/mol. The third-order valence-corrected chi connectivity index (χ3v) is 8.31. The van der Waals surface area contributed by atoms with E-state index in [4.69, 9.17) is 21.1 Å². The number of nitrogens with zero attached hydrogens (tertiary/aromatic N) is 1. The van der Waals surface area contributed by atoms with E-state index in [1.807, 2.05) is 0 Å². The van der Waals surface area contributed by atoms with Gasteiger partial charge in [-0.25, -0.2) is 8.42 Å². The van der Waals surface area contributed by atoms with Crippen molar-refractivity contribution in [3.63, 3.8) is 0 Å². The highest BCUT2D eigenvalue weighted by atomic mass is 35.5. The Bertz CT molecular complexity index is 1480. The number of methoxy groups -OCH3 is 2. The molecule has 0 bridgehead atoms. The molecule has 7 nitrogen and oxygen atoms in total. The minimum absolute atomic E-state index is 0.0691. The van der Waals surface area contributed by atoms with E-state index in [1.165, 1.54) is 49.0 Å². The van der Waals surface area contributed by atoms with E-state index in [9.17, 15) is 13.2 Å². The number of hydrogen-bond acceptors (Lipinski definition) is 6. The topological polar surface area (TPSA) is 84.9 Å². The standard InChI is InChI=1S/C24H21ClN2O5S2/c1-27(34(29,30)19-8-9-20(31-2)21(14-19)32-3)18-7-10-22-15(11-18)12-23(33-22)24(28)26-17-6-4-5-16(25)13-17/h4-14H,1-3H3,(H,26,28). The lowest BCUT2D eigenvalue weighted by Crippen LogP contribution is -2.26. The van der Waals surface area contributed by atoms with Gasteiger partial charge < -0.3 is 14.8 Å². The number of hydrogen-bond donors (Lipinski definition) is 1. The van der Waals surface area contributed by atoms with Crippen molar-refractivity contribution in [2.24, 2.45) is 0 Å². The van der Waals surface area contributed by atoms with Gasteiger partial charge in [0.1, 0.15) is 0 Å². The van der Waals surface area contributed by atoms with Crippen LogP contribution in [0.2, 0.25) is 5.02 Å². The molecule has 34 heavy (non-hydrogen) atoms. The fourth-order valence-corrected chi connectivity index (χ4v) is 5.70. The molecule has 10 heteroatoms. The molecular weight excluding hydrogens is 496 g/mol. The molecule has 1 aromatic heterocycles. The van der Waals surface area contributed by atoms with Gasteiger partial charge in [-0.2, -0.15) is 0 Å². The first kappa shape index (κ1) is 23.9. The largest absolute Gasteiger partial charge is 0.493 e. The Kier molecular flexibility index (Phi) is 6.70. The summed E-state index contributed by atoms with van der Waals surface area (Å²) in [5.41, 5.74) is 1.05. The van der Waals surface area contributed by atoms with Crippen LogP contribution in [0.5, 0.6) is 11.5 Å². The Balaban J connectivity index is 1.61. The first-order valence-electron chi connectivity index (χ1n) is 10.0. The lowest BCUT2D eigenvalue weighted by Gasteiger charge is -2.20. The molecule has 0 aliphatic carbocycles. The lowest BCUT2D eigenvalue weighted by atomic mass is 10.2.